The maximum atomic E-state index is 10.2. The SMILES string of the molecule is O=C(OP(=O)([O-])[O-])C(=O)OP(=O)([O-])[O-].[Fe].[Fe].[Mn+2].[Mn+2]. The normalized spacial score (nSPS) is 9.33. The third kappa shape index (κ3) is 19.7. The minimum Gasteiger partial charge on any atom is -0.780 e. The second-order valence-electron chi connectivity index (χ2n) is 1.65. The first-order valence-corrected chi connectivity index (χ1v) is 5.45. The molecule has 0 aromatic heterocycles. The summed E-state index contributed by atoms with van der Waals surface area (Å²) in [6, 6.07) is 0. The first-order chi connectivity index (χ1) is 6.01. The Kier molecular flexibility index (Phi) is 21.2. The molecule has 2 radical (unpaired) electrons. The Morgan fingerprint density at radius 1 is 0.722 bits per heavy atom. The van der Waals surface area contributed by atoms with Crippen molar-refractivity contribution in [2.24, 2.45) is 0 Å². The van der Waals surface area contributed by atoms with Gasteiger partial charge in [-0.2, -0.15) is 0 Å². The van der Waals surface area contributed by atoms with Crippen molar-refractivity contribution in [1.29, 1.82) is 0 Å². The van der Waals surface area contributed by atoms with Crippen molar-refractivity contribution in [2.45, 2.75) is 0 Å². The summed E-state index contributed by atoms with van der Waals surface area (Å²) in [7, 11) is -11.6. The van der Waals surface area contributed by atoms with Crippen LogP contribution < -0.4 is 19.6 Å². The second-order valence-corrected chi connectivity index (χ2v) is 3.81. The van der Waals surface area contributed by atoms with Crippen LogP contribution in [0.1, 0.15) is 0 Å². The largest absolute Gasteiger partial charge is 2.00 e. The Morgan fingerprint density at radius 3 is 1.00 bits per heavy atom. The molecule has 0 bridgehead atoms. The van der Waals surface area contributed by atoms with Crippen LogP contribution in [0.15, 0.2) is 0 Å². The van der Waals surface area contributed by atoms with E-state index in [-0.39, 0.29) is 68.3 Å². The fraction of sp³-hybridized carbons (Fsp3) is 0. The average molecular weight is 468 g/mol. The van der Waals surface area contributed by atoms with Crippen LogP contribution in [0.5, 0.6) is 0 Å². The Hall–Kier alpha value is 1.32. The van der Waals surface area contributed by atoms with Gasteiger partial charge in [-0.1, -0.05) is 0 Å². The van der Waals surface area contributed by atoms with Gasteiger partial charge in [0.25, 0.3) is 0 Å². The van der Waals surface area contributed by atoms with Gasteiger partial charge in [-0.05, 0) is 0 Å². The Balaban J connectivity index is -0.000000141. The van der Waals surface area contributed by atoms with E-state index in [2.05, 4.69) is 9.05 Å². The number of phosphoric ester groups is 2. The summed E-state index contributed by atoms with van der Waals surface area (Å²) in [5.74, 6) is -4.82. The van der Waals surface area contributed by atoms with Gasteiger partial charge in [0.05, 0.1) is 0 Å². The number of hydrogen-bond donors (Lipinski definition) is 0. The zero-order chi connectivity index (χ0) is 11.6. The molecule has 0 N–H and O–H groups in total. The molecule has 0 aliphatic rings. The van der Waals surface area contributed by atoms with E-state index in [0.29, 0.717) is 0 Å². The van der Waals surface area contributed by atoms with Crippen LogP contribution in [0.4, 0.5) is 0 Å². The van der Waals surface area contributed by atoms with Crippen molar-refractivity contribution < 1.29 is 116 Å². The van der Waals surface area contributed by atoms with Gasteiger partial charge in [-0.15, -0.1) is 0 Å². The summed E-state index contributed by atoms with van der Waals surface area (Å²) in [6.07, 6.45) is 0. The first-order valence-electron chi connectivity index (χ1n) is 2.53. The van der Waals surface area contributed by atoms with Gasteiger partial charge in [0, 0.05) is 34.1 Å². The predicted molar refractivity (Wildman–Crippen MR) is 27.4 cm³/mol. The first kappa shape index (κ1) is 31.6. The molecule has 0 aliphatic heterocycles. The predicted octanol–water partition coefficient (Wildman–Crippen LogP) is -4.28. The molecule has 0 fully saturated rings. The fourth-order valence-electron chi connectivity index (χ4n) is 0.278. The van der Waals surface area contributed by atoms with E-state index in [1.807, 2.05) is 0 Å². The minimum atomic E-state index is -5.79. The maximum absolute atomic E-state index is 10.2. The van der Waals surface area contributed by atoms with E-state index in [4.69, 9.17) is 0 Å². The summed E-state index contributed by atoms with van der Waals surface area (Å²) in [5, 5.41) is 0. The quantitative estimate of drug-likeness (QED) is 0.219. The van der Waals surface area contributed by atoms with Crippen molar-refractivity contribution in [3.8, 4) is 0 Å². The summed E-state index contributed by atoms with van der Waals surface area (Å²) in [4.78, 5) is 59.2. The Labute approximate surface area is 142 Å². The number of rotatable bonds is 2. The molecule has 0 aliphatic carbocycles. The molecule has 0 unspecified atom stereocenters. The molecule has 0 aromatic rings. The number of carbonyl (C=O) groups is 2. The standard InChI is InChI=1S/C2H4O10P2.2Fe.2Mn/c3-1(11-13(5,6)7)2(4)12-14(8,9)10;;;;/h(H2,5,6,7)(H2,8,9,10);;;;/q;;;2*+2/p-4. The van der Waals surface area contributed by atoms with Crippen LogP contribution in [0.2, 0.25) is 0 Å². The summed E-state index contributed by atoms with van der Waals surface area (Å²) in [6.45, 7) is 0. The van der Waals surface area contributed by atoms with Crippen molar-refractivity contribution in [3.05, 3.63) is 0 Å². The third-order valence-corrected chi connectivity index (χ3v) is 1.33. The summed E-state index contributed by atoms with van der Waals surface area (Å²) in [5.41, 5.74) is 0. The zero-order valence-corrected chi connectivity index (χ0v) is 13.8. The van der Waals surface area contributed by atoms with Crippen LogP contribution in [0.3, 0.4) is 0 Å². The molecule has 0 spiro atoms. The third-order valence-electron chi connectivity index (χ3n) is 0.556. The maximum Gasteiger partial charge on any atom is 2.00 e. The van der Waals surface area contributed by atoms with Gasteiger partial charge in [-0.25, -0.2) is 9.59 Å². The molecule has 10 nitrogen and oxygen atoms in total. The van der Waals surface area contributed by atoms with Gasteiger partial charge < -0.3 is 37.8 Å². The van der Waals surface area contributed by atoms with E-state index in [9.17, 15) is 38.3 Å². The van der Waals surface area contributed by atoms with E-state index < -0.39 is 27.6 Å². The molecule has 16 heteroatoms. The smallest absolute Gasteiger partial charge is 0.780 e. The van der Waals surface area contributed by atoms with Crippen LogP contribution in [0, 0.1) is 0 Å². The molecule has 0 aromatic carbocycles. The zero-order valence-electron chi connectivity index (χ0n) is 7.44. The van der Waals surface area contributed by atoms with Crippen molar-refractivity contribution in [1.82, 2.24) is 0 Å². The van der Waals surface area contributed by atoms with Gasteiger partial charge >= 0.3 is 46.1 Å². The number of phosphoric acid groups is 2. The topological polar surface area (TPSA) is 179 Å². The summed E-state index contributed by atoms with van der Waals surface area (Å²) < 4.78 is 25.2. The van der Waals surface area contributed by atoms with Crippen LogP contribution in [0.25, 0.3) is 0 Å². The molecule has 0 atom stereocenters. The molecule has 0 heterocycles. The fourth-order valence-corrected chi connectivity index (χ4v) is 0.833. The molecule has 0 saturated heterocycles. The Bertz CT molecular complexity index is 314. The monoisotopic (exact) mass is 468 g/mol. The molecule has 18 heavy (non-hydrogen) atoms. The minimum absolute atomic E-state index is 0. The Morgan fingerprint density at radius 2 is 0.889 bits per heavy atom. The van der Waals surface area contributed by atoms with E-state index in [1.54, 1.807) is 0 Å². The molecule has 0 rings (SSSR count). The summed E-state index contributed by atoms with van der Waals surface area (Å²) >= 11 is 0. The van der Waals surface area contributed by atoms with Gasteiger partial charge in [0.15, 0.2) is 0 Å². The molecule has 108 valence electrons. The molecular weight excluding hydrogens is 468 g/mol. The number of carbonyl (C=O) groups excluding carboxylic acids is 2. The number of hydrogen-bond acceptors (Lipinski definition) is 10. The van der Waals surface area contributed by atoms with Crippen molar-refractivity contribution in [2.75, 3.05) is 0 Å². The van der Waals surface area contributed by atoms with Gasteiger partial charge in [-0.3, -0.25) is 0 Å². The van der Waals surface area contributed by atoms with E-state index >= 15 is 0 Å². The molecule has 0 amide bonds. The van der Waals surface area contributed by atoms with Gasteiger partial charge in [0.2, 0.25) is 0 Å². The van der Waals surface area contributed by atoms with Crippen molar-refractivity contribution in [3.63, 3.8) is 0 Å². The van der Waals surface area contributed by atoms with Gasteiger partial charge in [0.1, 0.15) is 15.6 Å². The average Bonchev–Trinajstić information content (AvgIpc) is 1.78. The van der Waals surface area contributed by atoms with Crippen LogP contribution >= 0.6 is 15.6 Å². The van der Waals surface area contributed by atoms with E-state index in [1.165, 1.54) is 0 Å². The van der Waals surface area contributed by atoms with E-state index in [0.717, 1.165) is 0 Å². The van der Waals surface area contributed by atoms with Crippen molar-refractivity contribution >= 4 is 27.6 Å². The molecule has 0 saturated carbocycles. The van der Waals surface area contributed by atoms with Crippen LogP contribution in [-0.2, 0) is 96.0 Å². The van der Waals surface area contributed by atoms with Crippen LogP contribution in [-0.4, -0.2) is 11.9 Å². The second kappa shape index (κ2) is 12.1. The molecular formula is C2Fe2Mn2O10P2.